The Morgan fingerprint density at radius 2 is 1.48 bits per heavy atom. The Hall–Kier alpha value is -0.110. The summed E-state index contributed by atoms with van der Waals surface area (Å²) in [5, 5.41) is 0. The van der Waals surface area contributed by atoms with Crippen molar-refractivity contribution in [3.05, 3.63) is 0 Å². The quantitative estimate of drug-likeness (QED) is 0.689. The van der Waals surface area contributed by atoms with Crippen molar-refractivity contribution >= 4 is 0 Å². The molecule has 0 bridgehead atoms. The minimum Gasteiger partial charge on any atom is -0.303 e. The molecule has 1 saturated heterocycles. The van der Waals surface area contributed by atoms with Crippen LogP contribution in [0.15, 0.2) is 0 Å². The van der Waals surface area contributed by atoms with Gasteiger partial charge in [-0.3, -0.25) is 0 Å². The molecule has 2 aliphatic carbocycles. The summed E-state index contributed by atoms with van der Waals surface area (Å²) in [7, 11) is 0. The monoisotopic (exact) mass is 295 g/mol. The van der Waals surface area contributed by atoms with E-state index in [2.05, 4.69) is 4.90 Å². The second-order valence-electron chi connectivity index (χ2n) is 8.07. The molecule has 0 N–H and O–H groups in total. The molecule has 2 heteroatoms. The molecule has 0 aromatic heterocycles. The first kappa shape index (κ1) is 15.8. The average molecular weight is 295 g/mol. The number of alkyl halides is 1. The first-order valence-electron chi connectivity index (χ1n) is 9.67. The van der Waals surface area contributed by atoms with Crippen LogP contribution < -0.4 is 0 Å². The molecule has 1 nitrogen and oxygen atoms in total. The highest BCUT2D eigenvalue weighted by Crippen LogP contribution is 2.33. The van der Waals surface area contributed by atoms with Gasteiger partial charge in [-0.2, -0.15) is 0 Å². The van der Waals surface area contributed by atoms with E-state index >= 15 is 0 Å². The van der Waals surface area contributed by atoms with Crippen LogP contribution in [-0.4, -0.2) is 30.7 Å². The van der Waals surface area contributed by atoms with Gasteiger partial charge in [-0.15, -0.1) is 0 Å². The number of piperidine rings is 1. The highest BCUT2D eigenvalue weighted by atomic mass is 19.1. The normalized spacial score (nSPS) is 36.7. The highest BCUT2D eigenvalue weighted by molar-refractivity contribution is 4.82. The summed E-state index contributed by atoms with van der Waals surface area (Å²) in [5.41, 5.74) is 0. The SMILES string of the molecule is FC1CCCCC1CN1CCCC(CC2CCCCC2)C1. The van der Waals surface area contributed by atoms with E-state index in [1.807, 2.05) is 0 Å². The van der Waals surface area contributed by atoms with Gasteiger partial charge in [0, 0.05) is 19.0 Å². The molecule has 0 radical (unpaired) electrons. The van der Waals surface area contributed by atoms with Crippen molar-refractivity contribution in [2.45, 2.75) is 83.2 Å². The third-order valence-electron chi connectivity index (χ3n) is 6.30. The summed E-state index contributed by atoms with van der Waals surface area (Å²) in [4.78, 5) is 2.61. The fourth-order valence-corrected chi connectivity index (χ4v) is 5.10. The number of halogens is 1. The summed E-state index contributed by atoms with van der Waals surface area (Å²) in [6.45, 7) is 3.53. The molecule has 0 aromatic carbocycles. The molecule has 3 rings (SSSR count). The average Bonchev–Trinajstić information content (AvgIpc) is 2.51. The maximum Gasteiger partial charge on any atom is 0.104 e. The van der Waals surface area contributed by atoms with Crippen molar-refractivity contribution in [2.24, 2.45) is 17.8 Å². The van der Waals surface area contributed by atoms with Crippen molar-refractivity contribution in [3.63, 3.8) is 0 Å². The summed E-state index contributed by atoms with van der Waals surface area (Å²) in [5.74, 6) is 2.25. The van der Waals surface area contributed by atoms with Crippen LogP contribution in [0.2, 0.25) is 0 Å². The molecule has 3 unspecified atom stereocenters. The van der Waals surface area contributed by atoms with Crippen LogP contribution in [0.25, 0.3) is 0 Å². The Morgan fingerprint density at radius 1 is 0.762 bits per heavy atom. The summed E-state index contributed by atoms with van der Waals surface area (Å²) in [6.07, 6.45) is 15.4. The van der Waals surface area contributed by atoms with Crippen molar-refractivity contribution in [1.29, 1.82) is 0 Å². The molecule has 0 aromatic rings. The van der Waals surface area contributed by atoms with Crippen LogP contribution in [0.1, 0.15) is 77.0 Å². The lowest BCUT2D eigenvalue weighted by molar-refractivity contribution is 0.0819. The Bertz CT molecular complexity index is 300. The third kappa shape index (κ3) is 4.68. The smallest absolute Gasteiger partial charge is 0.104 e. The lowest BCUT2D eigenvalue weighted by atomic mass is 9.80. The van der Waals surface area contributed by atoms with E-state index in [0.29, 0.717) is 5.92 Å². The van der Waals surface area contributed by atoms with Gasteiger partial charge in [-0.25, -0.2) is 4.39 Å². The molecule has 2 saturated carbocycles. The molecule has 1 heterocycles. The Kier molecular flexibility index (Phi) is 5.97. The van der Waals surface area contributed by atoms with E-state index in [1.165, 1.54) is 70.9 Å². The second-order valence-corrected chi connectivity index (χ2v) is 8.07. The topological polar surface area (TPSA) is 3.24 Å². The number of likely N-dealkylation sites (tertiary alicyclic amines) is 1. The van der Waals surface area contributed by atoms with Gasteiger partial charge in [0.1, 0.15) is 6.17 Å². The zero-order chi connectivity index (χ0) is 14.5. The lowest BCUT2D eigenvalue weighted by Crippen LogP contribution is -2.41. The molecule has 1 aliphatic heterocycles. The molecule has 21 heavy (non-hydrogen) atoms. The number of hydrogen-bond acceptors (Lipinski definition) is 1. The van der Waals surface area contributed by atoms with Crippen molar-refractivity contribution in [1.82, 2.24) is 4.90 Å². The standard InChI is InChI=1S/C19H34FN/c20-19-11-5-4-10-18(19)15-21-12-6-9-17(14-21)13-16-7-2-1-3-8-16/h16-19H,1-15H2. The van der Waals surface area contributed by atoms with Crippen molar-refractivity contribution < 1.29 is 4.39 Å². The van der Waals surface area contributed by atoms with Crippen LogP contribution >= 0.6 is 0 Å². The third-order valence-corrected chi connectivity index (χ3v) is 6.30. The maximum atomic E-state index is 14.0. The van der Waals surface area contributed by atoms with E-state index in [-0.39, 0.29) is 0 Å². The van der Waals surface area contributed by atoms with Gasteiger partial charge in [0.25, 0.3) is 0 Å². The first-order chi connectivity index (χ1) is 10.3. The zero-order valence-electron chi connectivity index (χ0n) is 13.7. The van der Waals surface area contributed by atoms with Crippen LogP contribution in [0.4, 0.5) is 4.39 Å². The number of hydrogen-bond donors (Lipinski definition) is 0. The Morgan fingerprint density at radius 3 is 2.29 bits per heavy atom. The largest absolute Gasteiger partial charge is 0.303 e. The van der Waals surface area contributed by atoms with Gasteiger partial charge >= 0.3 is 0 Å². The molecular formula is C19H34FN. The van der Waals surface area contributed by atoms with E-state index in [1.54, 1.807) is 0 Å². The van der Waals surface area contributed by atoms with Crippen molar-refractivity contribution in [2.75, 3.05) is 19.6 Å². The van der Waals surface area contributed by atoms with Gasteiger partial charge in [0.15, 0.2) is 0 Å². The van der Waals surface area contributed by atoms with Gasteiger partial charge < -0.3 is 4.90 Å². The molecule has 0 amide bonds. The number of nitrogens with zero attached hydrogens (tertiary/aromatic N) is 1. The zero-order valence-corrected chi connectivity index (χ0v) is 13.7. The predicted molar refractivity (Wildman–Crippen MR) is 87.2 cm³/mol. The molecule has 3 aliphatic rings. The summed E-state index contributed by atoms with van der Waals surface area (Å²) < 4.78 is 14.0. The lowest BCUT2D eigenvalue weighted by Gasteiger charge is -2.38. The van der Waals surface area contributed by atoms with Crippen LogP contribution in [0.3, 0.4) is 0 Å². The summed E-state index contributed by atoms with van der Waals surface area (Å²) in [6, 6.07) is 0. The first-order valence-corrected chi connectivity index (χ1v) is 9.67. The molecule has 122 valence electrons. The van der Waals surface area contributed by atoms with E-state index in [9.17, 15) is 4.39 Å². The Balaban J connectivity index is 1.44. The minimum absolute atomic E-state index is 0.340. The van der Waals surface area contributed by atoms with Gasteiger partial charge in [0.05, 0.1) is 0 Å². The molecule has 3 fully saturated rings. The van der Waals surface area contributed by atoms with Crippen LogP contribution in [-0.2, 0) is 0 Å². The second kappa shape index (κ2) is 7.94. The Labute approximate surface area is 130 Å². The van der Waals surface area contributed by atoms with Crippen molar-refractivity contribution in [3.8, 4) is 0 Å². The fourth-order valence-electron chi connectivity index (χ4n) is 5.10. The van der Waals surface area contributed by atoms with Gasteiger partial charge in [0.2, 0.25) is 0 Å². The maximum absolute atomic E-state index is 14.0. The number of rotatable bonds is 4. The van der Waals surface area contributed by atoms with Gasteiger partial charge in [-0.1, -0.05) is 44.9 Å². The minimum atomic E-state index is -0.516. The highest BCUT2D eigenvalue weighted by Gasteiger charge is 2.29. The van der Waals surface area contributed by atoms with E-state index < -0.39 is 6.17 Å². The molecular weight excluding hydrogens is 261 g/mol. The molecule has 3 atom stereocenters. The van der Waals surface area contributed by atoms with Crippen LogP contribution in [0.5, 0.6) is 0 Å². The predicted octanol–water partition coefficient (Wildman–Crippen LogP) is 5.20. The van der Waals surface area contributed by atoms with E-state index in [4.69, 9.17) is 0 Å². The fraction of sp³-hybridized carbons (Fsp3) is 1.00. The van der Waals surface area contributed by atoms with Crippen LogP contribution in [0, 0.1) is 17.8 Å². The van der Waals surface area contributed by atoms with E-state index in [0.717, 1.165) is 37.6 Å². The van der Waals surface area contributed by atoms with Gasteiger partial charge in [-0.05, 0) is 50.5 Å². The summed E-state index contributed by atoms with van der Waals surface area (Å²) >= 11 is 0. The molecule has 0 spiro atoms.